The Morgan fingerprint density at radius 2 is 1.68 bits per heavy atom. The lowest BCUT2D eigenvalue weighted by molar-refractivity contribution is -0.117. The molecule has 0 radical (unpaired) electrons. The number of hydrogen-bond acceptors (Lipinski definition) is 1. The molecule has 0 saturated carbocycles. The second-order valence-corrected chi connectivity index (χ2v) is 6.20. The molecule has 0 aliphatic rings. The maximum Gasteiger partial charge on any atom is 0.231 e. The molecule has 1 amide bonds. The van der Waals surface area contributed by atoms with Crippen molar-refractivity contribution in [1.29, 1.82) is 0 Å². The average Bonchev–Trinajstić information content (AvgIpc) is 2.63. The zero-order valence-corrected chi connectivity index (χ0v) is 14.4. The van der Waals surface area contributed by atoms with Crippen LogP contribution in [0.4, 0.5) is 10.1 Å². The number of para-hydroxylation sites is 1. The predicted octanol–water partition coefficient (Wildman–Crippen LogP) is 5.89. The molecule has 0 aromatic heterocycles. The molecule has 1 atom stereocenters. The molecule has 4 heteroatoms. The molecule has 0 aliphatic heterocycles. The number of hydrogen-bond donors (Lipinski definition) is 1. The number of nitrogens with one attached hydrogen (secondary N) is 1. The summed E-state index contributed by atoms with van der Waals surface area (Å²) < 4.78 is 14.5. The maximum atomic E-state index is 14.5. The Morgan fingerprint density at radius 1 is 1.00 bits per heavy atom. The number of rotatable bonds is 4. The summed E-state index contributed by atoms with van der Waals surface area (Å²) in [4.78, 5) is 12.4. The van der Waals surface area contributed by atoms with Gasteiger partial charge in [-0.3, -0.25) is 4.79 Å². The fraction of sp³-hybridized carbons (Fsp3) is 0.0952. The van der Waals surface area contributed by atoms with Crippen LogP contribution in [0.15, 0.2) is 72.8 Å². The van der Waals surface area contributed by atoms with Crippen molar-refractivity contribution in [2.75, 3.05) is 5.32 Å². The van der Waals surface area contributed by atoms with E-state index in [-0.39, 0.29) is 11.7 Å². The van der Waals surface area contributed by atoms with E-state index in [0.717, 1.165) is 5.56 Å². The first-order valence-electron chi connectivity index (χ1n) is 7.96. The summed E-state index contributed by atoms with van der Waals surface area (Å²) in [5.74, 6) is -1.09. The summed E-state index contributed by atoms with van der Waals surface area (Å²) in [5.41, 5.74) is 2.48. The van der Waals surface area contributed by atoms with Crippen LogP contribution < -0.4 is 5.32 Å². The monoisotopic (exact) mass is 353 g/mol. The van der Waals surface area contributed by atoms with E-state index in [2.05, 4.69) is 5.32 Å². The van der Waals surface area contributed by atoms with Crippen LogP contribution in [0.2, 0.25) is 5.02 Å². The molecule has 3 aromatic carbocycles. The topological polar surface area (TPSA) is 29.1 Å². The van der Waals surface area contributed by atoms with Gasteiger partial charge in [-0.25, -0.2) is 4.39 Å². The molecule has 1 N–H and O–H groups in total. The summed E-state index contributed by atoms with van der Waals surface area (Å²) in [5, 5.41) is 3.25. The number of benzene rings is 3. The van der Waals surface area contributed by atoms with Gasteiger partial charge in [0.05, 0.1) is 16.6 Å². The highest BCUT2D eigenvalue weighted by Gasteiger charge is 2.18. The van der Waals surface area contributed by atoms with Crippen molar-refractivity contribution in [3.63, 3.8) is 0 Å². The van der Waals surface area contributed by atoms with Gasteiger partial charge in [-0.2, -0.15) is 0 Å². The van der Waals surface area contributed by atoms with Crippen LogP contribution in [-0.4, -0.2) is 5.91 Å². The van der Waals surface area contributed by atoms with E-state index in [9.17, 15) is 9.18 Å². The Balaban J connectivity index is 1.81. The molecule has 3 aromatic rings. The minimum absolute atomic E-state index is 0.236. The van der Waals surface area contributed by atoms with Crippen molar-refractivity contribution in [2.45, 2.75) is 12.8 Å². The first kappa shape index (κ1) is 17.2. The van der Waals surface area contributed by atoms with Gasteiger partial charge in [-0.05, 0) is 36.2 Å². The van der Waals surface area contributed by atoms with Gasteiger partial charge in [0.25, 0.3) is 0 Å². The molecule has 0 fully saturated rings. The quantitative estimate of drug-likeness (QED) is 0.622. The second-order valence-electron chi connectivity index (χ2n) is 5.80. The van der Waals surface area contributed by atoms with E-state index >= 15 is 0 Å². The molecule has 2 nitrogen and oxygen atoms in total. The van der Waals surface area contributed by atoms with E-state index in [1.807, 2.05) is 30.3 Å². The molecule has 25 heavy (non-hydrogen) atoms. The van der Waals surface area contributed by atoms with Gasteiger partial charge < -0.3 is 5.32 Å². The highest BCUT2D eigenvalue weighted by atomic mass is 35.5. The van der Waals surface area contributed by atoms with Gasteiger partial charge in [0, 0.05) is 5.56 Å². The number of carbonyl (C=O) groups excluding carboxylic acids is 1. The second kappa shape index (κ2) is 7.49. The van der Waals surface area contributed by atoms with E-state index in [1.165, 1.54) is 6.07 Å². The van der Waals surface area contributed by atoms with Gasteiger partial charge in [-0.15, -0.1) is 0 Å². The number of anilines is 1. The minimum atomic E-state index is -0.504. The highest BCUT2D eigenvalue weighted by Crippen LogP contribution is 2.28. The summed E-state index contributed by atoms with van der Waals surface area (Å²) in [7, 11) is 0. The summed E-state index contributed by atoms with van der Waals surface area (Å²) in [6.07, 6.45) is 0. The van der Waals surface area contributed by atoms with Gasteiger partial charge in [0.2, 0.25) is 5.91 Å². The van der Waals surface area contributed by atoms with Crippen LogP contribution in [0.5, 0.6) is 0 Å². The molecular formula is C21H17ClFNO. The van der Waals surface area contributed by atoms with E-state index in [0.29, 0.717) is 21.8 Å². The van der Waals surface area contributed by atoms with Crippen LogP contribution in [0.25, 0.3) is 11.1 Å². The number of halogens is 2. The fourth-order valence-electron chi connectivity index (χ4n) is 2.61. The van der Waals surface area contributed by atoms with Crippen LogP contribution in [0.3, 0.4) is 0 Å². The zero-order chi connectivity index (χ0) is 17.8. The van der Waals surface area contributed by atoms with E-state index in [1.54, 1.807) is 43.3 Å². The van der Waals surface area contributed by atoms with Gasteiger partial charge in [0.1, 0.15) is 5.82 Å². The molecule has 126 valence electrons. The molecular weight excluding hydrogens is 337 g/mol. The molecule has 0 bridgehead atoms. The molecule has 3 rings (SSSR count). The van der Waals surface area contributed by atoms with Crippen molar-refractivity contribution >= 4 is 23.2 Å². The lowest BCUT2D eigenvalue weighted by Crippen LogP contribution is -2.19. The summed E-state index contributed by atoms with van der Waals surface area (Å²) in [6, 6.07) is 21.2. The van der Waals surface area contributed by atoms with Crippen LogP contribution >= 0.6 is 11.6 Å². The number of carbonyl (C=O) groups is 1. The van der Waals surface area contributed by atoms with Gasteiger partial charge >= 0.3 is 0 Å². The SMILES string of the molecule is C[C@H](C(=O)Nc1ccccc1Cl)c1ccc(-c2ccccc2)c(F)c1. The third-order valence-corrected chi connectivity index (χ3v) is 4.43. The van der Waals surface area contributed by atoms with Crippen molar-refractivity contribution in [2.24, 2.45) is 0 Å². The fourth-order valence-corrected chi connectivity index (χ4v) is 2.79. The maximum absolute atomic E-state index is 14.5. The average molecular weight is 354 g/mol. The first-order chi connectivity index (χ1) is 12.1. The van der Waals surface area contributed by atoms with Crippen molar-refractivity contribution < 1.29 is 9.18 Å². The highest BCUT2D eigenvalue weighted by molar-refractivity contribution is 6.33. The predicted molar refractivity (Wildman–Crippen MR) is 100 cm³/mol. The minimum Gasteiger partial charge on any atom is -0.324 e. The Labute approximate surface area is 151 Å². The lowest BCUT2D eigenvalue weighted by Gasteiger charge is -2.14. The first-order valence-corrected chi connectivity index (χ1v) is 8.34. The molecule has 0 unspecified atom stereocenters. The Morgan fingerprint density at radius 3 is 2.36 bits per heavy atom. The largest absolute Gasteiger partial charge is 0.324 e. The van der Waals surface area contributed by atoms with Crippen molar-refractivity contribution in [3.8, 4) is 11.1 Å². The normalized spacial score (nSPS) is 11.8. The van der Waals surface area contributed by atoms with Gasteiger partial charge in [-0.1, -0.05) is 66.2 Å². The summed E-state index contributed by atoms with van der Waals surface area (Å²) >= 11 is 6.06. The van der Waals surface area contributed by atoms with Crippen LogP contribution in [-0.2, 0) is 4.79 Å². The molecule has 0 spiro atoms. The Bertz CT molecular complexity index is 895. The van der Waals surface area contributed by atoms with E-state index in [4.69, 9.17) is 11.6 Å². The lowest BCUT2D eigenvalue weighted by atomic mass is 9.96. The molecule has 0 heterocycles. The molecule has 0 aliphatic carbocycles. The number of amides is 1. The van der Waals surface area contributed by atoms with Crippen molar-refractivity contribution in [1.82, 2.24) is 0 Å². The smallest absolute Gasteiger partial charge is 0.231 e. The third-order valence-electron chi connectivity index (χ3n) is 4.10. The van der Waals surface area contributed by atoms with Crippen molar-refractivity contribution in [3.05, 3.63) is 89.2 Å². The van der Waals surface area contributed by atoms with E-state index < -0.39 is 5.92 Å². The van der Waals surface area contributed by atoms with Crippen LogP contribution in [0.1, 0.15) is 18.4 Å². The molecule has 0 saturated heterocycles. The van der Waals surface area contributed by atoms with Crippen LogP contribution in [0, 0.1) is 5.82 Å². The summed E-state index contributed by atoms with van der Waals surface area (Å²) in [6.45, 7) is 1.74. The Hall–Kier alpha value is -2.65. The zero-order valence-electron chi connectivity index (χ0n) is 13.7. The van der Waals surface area contributed by atoms with Gasteiger partial charge in [0.15, 0.2) is 0 Å². The third kappa shape index (κ3) is 3.89. The standard InChI is InChI=1S/C21H17ClFNO/c1-14(21(25)24-20-10-6-5-9-18(20)22)16-11-12-17(19(23)13-16)15-7-3-2-4-8-15/h2-14H,1H3,(H,24,25)/t14-/m0/s1. The Kier molecular flexibility index (Phi) is 5.15.